The number of hydrogen-bond donors (Lipinski definition) is 2. The van der Waals surface area contributed by atoms with E-state index in [1.165, 1.54) is 23.3 Å². The van der Waals surface area contributed by atoms with Gasteiger partial charge in [0.15, 0.2) is 0 Å². The van der Waals surface area contributed by atoms with E-state index in [-0.39, 0.29) is 29.9 Å². The molecule has 0 radical (unpaired) electrons. The number of furan rings is 1. The van der Waals surface area contributed by atoms with Crippen LogP contribution in [-0.2, 0) is 26.2 Å². The summed E-state index contributed by atoms with van der Waals surface area (Å²) in [5, 5.41) is 2.94. The summed E-state index contributed by atoms with van der Waals surface area (Å²) in [5.41, 5.74) is 0. The first-order chi connectivity index (χ1) is 13.9. The molecule has 2 N–H and O–H groups in total. The molecule has 3 rings (SSSR count). The zero-order chi connectivity index (χ0) is 20.7. The highest BCUT2D eigenvalue weighted by molar-refractivity contribution is 7.89. The highest BCUT2D eigenvalue weighted by Gasteiger charge is 2.23. The topological polar surface area (TPSA) is 109 Å². The second kappa shape index (κ2) is 9.71. The van der Waals surface area contributed by atoms with Gasteiger partial charge in [-0.05, 0) is 37.1 Å². The van der Waals surface area contributed by atoms with Crippen LogP contribution in [0.3, 0.4) is 0 Å². The second-order valence-electron chi connectivity index (χ2n) is 7.02. The Morgan fingerprint density at radius 1 is 1.07 bits per heavy atom. The zero-order valence-electron chi connectivity index (χ0n) is 16.0. The fourth-order valence-corrected chi connectivity index (χ4v) is 4.29. The molecule has 0 aliphatic heterocycles. The normalized spacial score (nSPS) is 14.6. The van der Waals surface area contributed by atoms with Gasteiger partial charge in [-0.2, -0.15) is 0 Å². The summed E-state index contributed by atoms with van der Waals surface area (Å²) < 4.78 is 32.3. The molecule has 9 heteroatoms. The quantitative estimate of drug-likeness (QED) is 0.642. The Kier molecular flexibility index (Phi) is 7.05. The molecule has 29 heavy (non-hydrogen) atoms. The van der Waals surface area contributed by atoms with Gasteiger partial charge in [0.25, 0.3) is 0 Å². The van der Waals surface area contributed by atoms with Crippen molar-refractivity contribution in [2.75, 3.05) is 13.1 Å². The van der Waals surface area contributed by atoms with Crippen molar-refractivity contribution in [1.82, 2.24) is 14.9 Å². The summed E-state index contributed by atoms with van der Waals surface area (Å²) >= 11 is 0. The standard InChI is InChI=1S/C20H25N3O5S/c24-19(22-16-7-4-5-8-16)15-23(14-17-9-6-12-28-17)20(25)13-21-29(26,27)18-10-2-1-3-11-18/h1-3,6,9-12,16,21H,4-5,7-8,13-15H2,(H,22,24). The Bertz CT molecular complexity index is 907. The molecular formula is C20H25N3O5S. The molecule has 0 atom stereocenters. The molecule has 1 fully saturated rings. The van der Waals surface area contributed by atoms with Crippen molar-refractivity contribution in [2.24, 2.45) is 0 Å². The van der Waals surface area contributed by atoms with Gasteiger partial charge in [0.1, 0.15) is 12.3 Å². The second-order valence-corrected chi connectivity index (χ2v) is 8.78. The van der Waals surface area contributed by atoms with Crippen molar-refractivity contribution in [3.05, 3.63) is 54.5 Å². The Labute approximate surface area is 170 Å². The minimum Gasteiger partial charge on any atom is -0.467 e. The lowest BCUT2D eigenvalue weighted by Gasteiger charge is -2.22. The molecule has 1 heterocycles. The van der Waals surface area contributed by atoms with Gasteiger partial charge in [0.2, 0.25) is 21.8 Å². The summed E-state index contributed by atoms with van der Waals surface area (Å²) in [6.07, 6.45) is 5.53. The SMILES string of the molecule is O=C(CN(Cc1ccco1)C(=O)CNS(=O)(=O)c1ccccc1)NC1CCCC1. The van der Waals surface area contributed by atoms with Gasteiger partial charge < -0.3 is 14.6 Å². The first-order valence-electron chi connectivity index (χ1n) is 9.58. The van der Waals surface area contributed by atoms with Gasteiger partial charge in [-0.15, -0.1) is 0 Å². The predicted octanol–water partition coefficient (Wildman–Crippen LogP) is 1.65. The van der Waals surface area contributed by atoms with Gasteiger partial charge in [-0.3, -0.25) is 9.59 Å². The highest BCUT2D eigenvalue weighted by Crippen LogP contribution is 2.17. The summed E-state index contributed by atoms with van der Waals surface area (Å²) in [6, 6.07) is 11.3. The lowest BCUT2D eigenvalue weighted by Crippen LogP contribution is -2.46. The van der Waals surface area contributed by atoms with E-state index in [1.54, 1.807) is 30.3 Å². The summed E-state index contributed by atoms with van der Waals surface area (Å²) in [7, 11) is -3.82. The third-order valence-corrected chi connectivity index (χ3v) is 6.22. The maximum atomic E-state index is 12.7. The molecule has 1 aliphatic carbocycles. The fourth-order valence-electron chi connectivity index (χ4n) is 3.29. The van der Waals surface area contributed by atoms with E-state index in [0.29, 0.717) is 5.76 Å². The molecule has 2 aromatic rings. The Balaban J connectivity index is 1.62. The fraction of sp³-hybridized carbons (Fsp3) is 0.400. The summed E-state index contributed by atoms with van der Waals surface area (Å²) in [6.45, 7) is -0.533. The molecule has 1 aromatic heterocycles. The van der Waals surface area contributed by atoms with E-state index < -0.39 is 22.5 Å². The average molecular weight is 420 g/mol. The number of nitrogens with zero attached hydrogens (tertiary/aromatic N) is 1. The van der Waals surface area contributed by atoms with Crippen LogP contribution in [0.2, 0.25) is 0 Å². The predicted molar refractivity (Wildman–Crippen MR) is 106 cm³/mol. The molecule has 1 saturated carbocycles. The largest absolute Gasteiger partial charge is 0.467 e. The molecule has 8 nitrogen and oxygen atoms in total. The van der Waals surface area contributed by atoms with Crippen molar-refractivity contribution in [1.29, 1.82) is 0 Å². The summed E-state index contributed by atoms with van der Waals surface area (Å²) in [4.78, 5) is 26.5. The van der Waals surface area contributed by atoms with Gasteiger partial charge in [-0.25, -0.2) is 13.1 Å². The van der Waals surface area contributed by atoms with E-state index in [4.69, 9.17) is 4.42 Å². The summed E-state index contributed by atoms with van der Waals surface area (Å²) in [5.74, 6) is -0.261. The number of carbonyl (C=O) groups excluding carboxylic acids is 2. The lowest BCUT2D eigenvalue weighted by molar-refractivity contribution is -0.136. The van der Waals surface area contributed by atoms with Crippen LogP contribution >= 0.6 is 0 Å². The van der Waals surface area contributed by atoms with E-state index in [0.717, 1.165) is 25.7 Å². The maximum Gasteiger partial charge on any atom is 0.241 e. The number of hydrogen-bond acceptors (Lipinski definition) is 5. The molecule has 0 spiro atoms. The van der Waals surface area contributed by atoms with Gasteiger partial charge in [0.05, 0.1) is 24.2 Å². The van der Waals surface area contributed by atoms with Crippen LogP contribution in [0.15, 0.2) is 58.0 Å². The van der Waals surface area contributed by atoms with Gasteiger partial charge in [-0.1, -0.05) is 31.0 Å². The minimum atomic E-state index is -3.82. The van der Waals surface area contributed by atoms with E-state index in [2.05, 4.69) is 10.0 Å². The molecule has 156 valence electrons. The van der Waals surface area contributed by atoms with E-state index in [1.807, 2.05) is 0 Å². The third-order valence-electron chi connectivity index (χ3n) is 4.80. The Hall–Kier alpha value is -2.65. The zero-order valence-corrected chi connectivity index (χ0v) is 16.9. The third kappa shape index (κ3) is 6.16. The number of carbonyl (C=O) groups is 2. The van der Waals surface area contributed by atoms with Crippen molar-refractivity contribution >= 4 is 21.8 Å². The smallest absolute Gasteiger partial charge is 0.241 e. The van der Waals surface area contributed by atoms with Crippen LogP contribution in [0.5, 0.6) is 0 Å². The maximum absolute atomic E-state index is 12.7. The molecule has 0 saturated heterocycles. The van der Waals surface area contributed by atoms with Crippen molar-refractivity contribution in [2.45, 2.75) is 43.2 Å². The number of sulfonamides is 1. The van der Waals surface area contributed by atoms with Crippen LogP contribution in [0.1, 0.15) is 31.4 Å². The Morgan fingerprint density at radius 3 is 2.45 bits per heavy atom. The molecule has 0 bridgehead atoms. The average Bonchev–Trinajstić information content (AvgIpc) is 3.40. The molecule has 2 amide bonds. The number of nitrogens with one attached hydrogen (secondary N) is 2. The van der Waals surface area contributed by atoms with Crippen molar-refractivity contribution < 1.29 is 22.4 Å². The van der Waals surface area contributed by atoms with Crippen LogP contribution in [0, 0.1) is 0 Å². The van der Waals surface area contributed by atoms with Crippen LogP contribution in [-0.4, -0.2) is 44.3 Å². The van der Waals surface area contributed by atoms with Gasteiger partial charge in [0, 0.05) is 6.04 Å². The first kappa shape index (κ1) is 21.1. The van der Waals surface area contributed by atoms with Gasteiger partial charge >= 0.3 is 0 Å². The molecule has 1 aromatic carbocycles. The first-order valence-corrected chi connectivity index (χ1v) is 11.1. The van der Waals surface area contributed by atoms with E-state index >= 15 is 0 Å². The number of amides is 2. The number of benzene rings is 1. The van der Waals surface area contributed by atoms with Crippen LogP contribution in [0.25, 0.3) is 0 Å². The lowest BCUT2D eigenvalue weighted by atomic mass is 10.2. The molecule has 1 aliphatic rings. The van der Waals surface area contributed by atoms with Crippen molar-refractivity contribution in [3.63, 3.8) is 0 Å². The molecular weight excluding hydrogens is 394 g/mol. The Morgan fingerprint density at radius 2 is 1.79 bits per heavy atom. The molecule has 0 unspecified atom stereocenters. The van der Waals surface area contributed by atoms with E-state index in [9.17, 15) is 18.0 Å². The minimum absolute atomic E-state index is 0.0735. The van der Waals surface area contributed by atoms with Crippen LogP contribution in [0.4, 0.5) is 0 Å². The monoisotopic (exact) mass is 419 g/mol. The van der Waals surface area contributed by atoms with Crippen LogP contribution < -0.4 is 10.0 Å². The van der Waals surface area contributed by atoms with Crippen molar-refractivity contribution in [3.8, 4) is 0 Å². The number of rotatable bonds is 9. The highest BCUT2D eigenvalue weighted by atomic mass is 32.2.